The first kappa shape index (κ1) is 36.1. The number of para-hydroxylation sites is 2. The van der Waals surface area contributed by atoms with Gasteiger partial charge in [0.2, 0.25) is 0 Å². The van der Waals surface area contributed by atoms with Gasteiger partial charge in [0.05, 0.1) is 0 Å². The van der Waals surface area contributed by atoms with Crippen molar-refractivity contribution in [1.29, 1.82) is 0 Å². The van der Waals surface area contributed by atoms with Gasteiger partial charge in [0.15, 0.2) is 0 Å². The van der Waals surface area contributed by atoms with Gasteiger partial charge in [-0.15, -0.1) is 0 Å². The Labute approximate surface area is 347 Å². The predicted molar refractivity (Wildman–Crippen MR) is 234 cm³/mol. The average Bonchev–Trinajstić information content (AvgIpc) is 3.58. The van der Waals surface area contributed by atoms with Crippen LogP contribution in [0, 0.1) is 3.57 Å². The first-order valence-electron chi connectivity index (χ1n) is 20.8. The van der Waals surface area contributed by atoms with Gasteiger partial charge in [-0.3, -0.25) is 0 Å². The number of anilines is 8. The molecule has 2 aromatic heterocycles. The molecule has 0 radical (unpaired) electrons. The summed E-state index contributed by atoms with van der Waals surface area (Å²) in [6, 6.07) is 41.6. The van der Waals surface area contributed by atoms with Gasteiger partial charge in [-0.05, 0) is 0 Å². The van der Waals surface area contributed by atoms with Crippen molar-refractivity contribution in [3.63, 3.8) is 0 Å². The van der Waals surface area contributed by atoms with Crippen LogP contribution < -0.4 is 38.0 Å². The van der Waals surface area contributed by atoms with Crippen LogP contribution in [0.3, 0.4) is 0 Å². The Morgan fingerprint density at radius 1 is 0.603 bits per heavy atom. The Morgan fingerprint density at radius 3 is 1.97 bits per heavy atom. The van der Waals surface area contributed by atoms with Crippen LogP contribution in [-0.2, 0) is 14.3 Å². The Bertz CT molecular complexity index is 2650. The maximum absolute atomic E-state index is 5.52. The van der Waals surface area contributed by atoms with Crippen LogP contribution in [-0.4, -0.2) is 28.7 Å². The number of halogens is 1. The fourth-order valence-electron chi connectivity index (χ4n) is 10.9. The zero-order valence-electron chi connectivity index (χ0n) is 35.3. The third-order valence-corrected chi connectivity index (χ3v) is 29.2. The molecule has 0 amide bonds. The van der Waals surface area contributed by atoms with E-state index < -0.39 is 18.4 Å². The quantitative estimate of drug-likeness (QED) is 0.100. The number of hydrogen-bond acceptors (Lipinski definition) is 7. The van der Waals surface area contributed by atoms with Crippen LogP contribution in [0.25, 0.3) is 0 Å². The van der Waals surface area contributed by atoms with E-state index in [4.69, 9.17) is 15.0 Å². The summed E-state index contributed by atoms with van der Waals surface area (Å²) >= 11 is -3.63. The van der Waals surface area contributed by atoms with Crippen LogP contribution in [0.2, 0.25) is 0 Å². The van der Waals surface area contributed by atoms with Crippen molar-refractivity contribution in [2.75, 3.05) is 19.6 Å². The summed E-state index contributed by atoms with van der Waals surface area (Å²) in [6.45, 7) is 23.7. The van der Waals surface area contributed by atoms with Crippen molar-refractivity contribution in [2.45, 2.75) is 103 Å². The third kappa shape index (κ3) is 4.22. The second-order valence-corrected chi connectivity index (χ2v) is 29.5. The number of alkyl halides is 3. The molecular formula is C50H53IN7-. The molecule has 11 rings (SSSR count). The first-order chi connectivity index (χ1) is 27.7. The molecule has 5 aliphatic heterocycles. The van der Waals surface area contributed by atoms with Gasteiger partial charge in [0, 0.05) is 0 Å². The number of hydrogen-bond donors (Lipinski definition) is 0. The van der Waals surface area contributed by atoms with Gasteiger partial charge in [-0.25, -0.2) is 0 Å². The minimum atomic E-state index is -3.63. The molecule has 0 bridgehead atoms. The molecular weight excluding hydrogens is 826 g/mol. The van der Waals surface area contributed by atoms with Crippen LogP contribution >= 0.6 is 0 Å². The van der Waals surface area contributed by atoms with E-state index in [-0.39, 0.29) is 33.9 Å². The van der Waals surface area contributed by atoms with E-state index >= 15 is 0 Å². The van der Waals surface area contributed by atoms with Crippen molar-refractivity contribution in [1.82, 2.24) is 15.0 Å². The molecule has 58 heavy (non-hydrogen) atoms. The van der Waals surface area contributed by atoms with Gasteiger partial charge < -0.3 is 0 Å². The summed E-state index contributed by atoms with van der Waals surface area (Å²) in [4.78, 5) is 26.7. The summed E-state index contributed by atoms with van der Waals surface area (Å²) < 4.78 is 1.27. The summed E-state index contributed by atoms with van der Waals surface area (Å²) in [7, 11) is 0. The van der Waals surface area contributed by atoms with Crippen molar-refractivity contribution < 1.29 is 18.4 Å². The number of benzene rings is 4. The molecule has 1 fully saturated rings. The second kappa shape index (κ2) is 11.6. The Kier molecular flexibility index (Phi) is 7.24. The summed E-state index contributed by atoms with van der Waals surface area (Å²) in [5.41, 5.74) is 11.3. The zero-order chi connectivity index (χ0) is 40.3. The van der Waals surface area contributed by atoms with E-state index in [1.165, 1.54) is 39.4 Å². The van der Waals surface area contributed by atoms with Crippen LogP contribution in [0.1, 0.15) is 97.5 Å². The zero-order valence-corrected chi connectivity index (χ0v) is 37.4. The molecule has 0 aliphatic carbocycles. The molecule has 5 unspecified atom stereocenters. The second-order valence-electron chi connectivity index (χ2n) is 19.4. The van der Waals surface area contributed by atoms with Crippen LogP contribution in [0.5, 0.6) is 0 Å². The van der Waals surface area contributed by atoms with E-state index in [0.717, 1.165) is 28.8 Å². The van der Waals surface area contributed by atoms with Gasteiger partial charge in [0.25, 0.3) is 0 Å². The van der Waals surface area contributed by atoms with Crippen molar-refractivity contribution >= 4 is 45.9 Å². The molecule has 0 N–H and O–H groups in total. The van der Waals surface area contributed by atoms with E-state index in [2.05, 4.69) is 198 Å². The fraction of sp³-hybridized carbons (Fsp3) is 0.340. The molecule has 5 atom stereocenters. The molecule has 1 spiro atoms. The number of pyridine rings is 1. The standard InChI is InChI=1S/C50H53IN7/c1-31(2)38-30-53-43-44(54-38)56(34-17-12-11-13-18-34)45-50(10)49(9,36-19-14-15-20-39(36)57(43)45)51(50)37-29-33(48(6,7)8)24-27-40(37)58-42-41(21-16-28-52-42)55(46(51)58)35-25-22-32(23-26-35)47(3,4)5/h11-31,45-46H,1-10H3/q-1. The minimum absolute atomic E-state index is 0.0184. The summed E-state index contributed by atoms with van der Waals surface area (Å²) in [5.74, 6) is 3.20. The third-order valence-electron chi connectivity index (χ3n) is 14.0. The molecule has 4 aromatic carbocycles. The average molecular weight is 879 g/mol. The van der Waals surface area contributed by atoms with Crippen LogP contribution in [0.4, 0.5) is 45.9 Å². The van der Waals surface area contributed by atoms with E-state index in [1.54, 1.807) is 3.57 Å². The molecule has 5 aliphatic rings. The molecule has 296 valence electrons. The Morgan fingerprint density at radius 2 is 1.26 bits per heavy atom. The van der Waals surface area contributed by atoms with Crippen molar-refractivity contribution in [3.05, 3.63) is 148 Å². The number of fused-ring (bicyclic) bond motifs is 17. The van der Waals surface area contributed by atoms with Crippen molar-refractivity contribution in [3.8, 4) is 0 Å². The number of aromatic nitrogens is 3. The monoisotopic (exact) mass is 878 g/mol. The van der Waals surface area contributed by atoms with Crippen molar-refractivity contribution in [2.24, 2.45) is 0 Å². The SMILES string of the molecule is CC(C)c1cnc2c(n1)N(c1ccccc1)C1N2c2ccccc2C2(C)C1(C)[I-]21c2cc(C(C)(C)C)ccc2N2c3ncccc3N(c3ccc(C(C)(C)C)cc3)C21. The molecule has 7 nitrogen and oxygen atoms in total. The molecule has 6 aromatic rings. The predicted octanol–water partition coefficient (Wildman–Crippen LogP) is 8.82. The van der Waals surface area contributed by atoms with E-state index in [0.29, 0.717) is 0 Å². The molecule has 0 saturated carbocycles. The van der Waals surface area contributed by atoms with E-state index in [9.17, 15) is 0 Å². The number of nitrogens with zero attached hydrogens (tertiary/aromatic N) is 7. The van der Waals surface area contributed by atoms with Gasteiger partial charge in [0.1, 0.15) is 0 Å². The normalized spacial score (nSPS) is 27.1. The Hall–Kier alpha value is -4.96. The number of rotatable bonds is 3. The van der Waals surface area contributed by atoms with E-state index in [1.807, 2.05) is 12.4 Å². The molecule has 7 heterocycles. The summed E-state index contributed by atoms with van der Waals surface area (Å²) in [5, 5.41) is 0. The molecule has 8 heteroatoms. The topological polar surface area (TPSA) is 51.6 Å². The first-order valence-corrected chi connectivity index (χ1v) is 25.3. The fourth-order valence-corrected chi connectivity index (χ4v) is 30.1. The Balaban J connectivity index is 1.25. The summed E-state index contributed by atoms with van der Waals surface area (Å²) in [6.07, 6.45) is 3.94. The van der Waals surface area contributed by atoms with Gasteiger partial charge in [-0.1, -0.05) is 0 Å². The molecule has 1 saturated heterocycles. The van der Waals surface area contributed by atoms with Gasteiger partial charge >= 0.3 is 350 Å². The maximum atomic E-state index is 5.52. The van der Waals surface area contributed by atoms with Crippen LogP contribution in [0.15, 0.2) is 122 Å². The van der Waals surface area contributed by atoms with Gasteiger partial charge in [-0.2, -0.15) is 0 Å².